The fraction of sp³-hybridized carbons (Fsp3) is 0.571. The van der Waals surface area contributed by atoms with Gasteiger partial charge in [-0.2, -0.15) is 0 Å². The first-order chi connectivity index (χ1) is 8.30. The number of hydrogen-bond acceptors (Lipinski definition) is 3. The molecule has 1 atom stereocenters. The van der Waals surface area contributed by atoms with Gasteiger partial charge in [0, 0.05) is 19.2 Å². The van der Waals surface area contributed by atoms with E-state index in [1.54, 1.807) is 0 Å². The summed E-state index contributed by atoms with van der Waals surface area (Å²) in [6, 6.07) is 8.52. The van der Waals surface area contributed by atoms with Crippen LogP contribution in [0.3, 0.4) is 0 Å². The van der Waals surface area contributed by atoms with Gasteiger partial charge in [-0.3, -0.25) is 0 Å². The molecule has 1 aromatic rings. The van der Waals surface area contributed by atoms with Crippen molar-refractivity contribution in [3.8, 4) is 0 Å². The van der Waals surface area contributed by atoms with Gasteiger partial charge in [0.15, 0.2) is 0 Å². The first kappa shape index (κ1) is 14.2. The molecule has 3 nitrogen and oxygen atoms in total. The maximum absolute atomic E-state index is 9.08. The molecule has 0 aliphatic rings. The molecular formula is C14H23NO2. The van der Waals surface area contributed by atoms with E-state index in [0.717, 1.165) is 13.0 Å². The third-order valence-corrected chi connectivity index (χ3v) is 2.85. The summed E-state index contributed by atoms with van der Waals surface area (Å²) < 4.78 is 0. The van der Waals surface area contributed by atoms with E-state index in [0.29, 0.717) is 6.42 Å². The van der Waals surface area contributed by atoms with Gasteiger partial charge in [0.25, 0.3) is 0 Å². The molecule has 0 radical (unpaired) electrons. The standard InChI is InChI=1S/C14H23NO2/c1-2-3-12-4-6-13(7-5-12)10-15-14(11-17)8-9-16/h4-7,14-17H,2-3,8-11H2,1H3. The van der Waals surface area contributed by atoms with E-state index < -0.39 is 0 Å². The lowest BCUT2D eigenvalue weighted by Gasteiger charge is -2.15. The Bertz CT molecular complexity index is 298. The molecule has 96 valence electrons. The number of nitrogens with one attached hydrogen (secondary N) is 1. The molecule has 1 rings (SSSR count). The Hall–Kier alpha value is -0.900. The van der Waals surface area contributed by atoms with Crippen LogP contribution in [0.1, 0.15) is 30.9 Å². The van der Waals surface area contributed by atoms with Crippen molar-refractivity contribution in [2.45, 2.75) is 38.8 Å². The molecular weight excluding hydrogens is 214 g/mol. The monoisotopic (exact) mass is 237 g/mol. The average Bonchev–Trinajstić information content (AvgIpc) is 2.36. The van der Waals surface area contributed by atoms with Crippen molar-refractivity contribution < 1.29 is 10.2 Å². The Balaban J connectivity index is 2.40. The lowest BCUT2D eigenvalue weighted by Crippen LogP contribution is -2.32. The molecule has 1 aromatic carbocycles. The highest BCUT2D eigenvalue weighted by atomic mass is 16.3. The van der Waals surface area contributed by atoms with Crippen LogP contribution in [-0.4, -0.2) is 29.5 Å². The second-order valence-electron chi connectivity index (χ2n) is 4.34. The summed E-state index contributed by atoms with van der Waals surface area (Å²) in [5, 5.41) is 21.1. The van der Waals surface area contributed by atoms with E-state index in [4.69, 9.17) is 10.2 Å². The van der Waals surface area contributed by atoms with Crippen LogP contribution in [0, 0.1) is 0 Å². The van der Waals surface area contributed by atoms with E-state index in [2.05, 4.69) is 36.5 Å². The summed E-state index contributed by atoms with van der Waals surface area (Å²) in [7, 11) is 0. The Kier molecular flexibility index (Phi) is 6.86. The minimum absolute atomic E-state index is 0.0182. The molecule has 0 aliphatic carbocycles. The highest BCUT2D eigenvalue weighted by Crippen LogP contribution is 2.07. The highest BCUT2D eigenvalue weighted by Gasteiger charge is 2.05. The summed E-state index contributed by atoms with van der Waals surface area (Å²) in [5.41, 5.74) is 2.58. The third kappa shape index (κ3) is 5.31. The zero-order chi connectivity index (χ0) is 12.5. The van der Waals surface area contributed by atoms with Crippen molar-refractivity contribution in [3.63, 3.8) is 0 Å². The summed E-state index contributed by atoms with van der Waals surface area (Å²) in [6.45, 7) is 3.08. The van der Waals surface area contributed by atoms with Crippen LogP contribution < -0.4 is 5.32 Å². The maximum atomic E-state index is 9.08. The van der Waals surface area contributed by atoms with Gasteiger partial charge >= 0.3 is 0 Å². The molecule has 0 spiro atoms. The quantitative estimate of drug-likeness (QED) is 0.642. The molecule has 0 fully saturated rings. The van der Waals surface area contributed by atoms with Gasteiger partial charge in [0.1, 0.15) is 0 Å². The molecule has 0 heterocycles. The summed E-state index contributed by atoms with van der Waals surface area (Å²) in [6.07, 6.45) is 2.88. The van der Waals surface area contributed by atoms with Crippen LogP contribution in [0.2, 0.25) is 0 Å². The first-order valence-electron chi connectivity index (χ1n) is 6.33. The van der Waals surface area contributed by atoms with Gasteiger partial charge in [0.2, 0.25) is 0 Å². The predicted molar refractivity (Wildman–Crippen MR) is 69.9 cm³/mol. The largest absolute Gasteiger partial charge is 0.396 e. The first-order valence-corrected chi connectivity index (χ1v) is 6.33. The molecule has 1 unspecified atom stereocenters. The smallest absolute Gasteiger partial charge is 0.0585 e. The van der Waals surface area contributed by atoms with Crippen molar-refractivity contribution in [1.29, 1.82) is 0 Å². The van der Waals surface area contributed by atoms with Crippen LogP contribution in [0.4, 0.5) is 0 Å². The van der Waals surface area contributed by atoms with E-state index in [1.807, 2.05) is 0 Å². The molecule has 0 aliphatic heterocycles. The second kappa shape index (κ2) is 8.23. The topological polar surface area (TPSA) is 52.5 Å². The average molecular weight is 237 g/mol. The fourth-order valence-corrected chi connectivity index (χ4v) is 1.79. The third-order valence-electron chi connectivity index (χ3n) is 2.85. The zero-order valence-corrected chi connectivity index (χ0v) is 10.5. The second-order valence-corrected chi connectivity index (χ2v) is 4.34. The van der Waals surface area contributed by atoms with Gasteiger partial charge in [-0.05, 0) is 24.0 Å². The van der Waals surface area contributed by atoms with Crippen molar-refractivity contribution in [2.75, 3.05) is 13.2 Å². The van der Waals surface area contributed by atoms with E-state index in [-0.39, 0.29) is 19.3 Å². The summed E-state index contributed by atoms with van der Waals surface area (Å²) in [5.74, 6) is 0. The molecule has 0 bridgehead atoms. The van der Waals surface area contributed by atoms with Crippen LogP contribution in [0.5, 0.6) is 0 Å². The Morgan fingerprint density at radius 2 is 1.76 bits per heavy atom. The van der Waals surface area contributed by atoms with Gasteiger partial charge < -0.3 is 15.5 Å². The SMILES string of the molecule is CCCc1ccc(CNC(CO)CCO)cc1. The highest BCUT2D eigenvalue weighted by molar-refractivity contribution is 5.22. The Labute approximate surface area is 103 Å². The van der Waals surface area contributed by atoms with E-state index in [1.165, 1.54) is 17.5 Å². The number of aryl methyl sites for hydroxylation is 1. The minimum atomic E-state index is -0.0182. The van der Waals surface area contributed by atoms with E-state index >= 15 is 0 Å². The Morgan fingerprint density at radius 3 is 2.29 bits per heavy atom. The number of rotatable bonds is 8. The van der Waals surface area contributed by atoms with Crippen LogP contribution in [-0.2, 0) is 13.0 Å². The summed E-state index contributed by atoms with van der Waals surface area (Å²) >= 11 is 0. The molecule has 17 heavy (non-hydrogen) atoms. The molecule has 0 aromatic heterocycles. The lowest BCUT2D eigenvalue weighted by atomic mass is 10.1. The number of hydrogen-bond donors (Lipinski definition) is 3. The van der Waals surface area contributed by atoms with Crippen molar-refractivity contribution >= 4 is 0 Å². The van der Waals surface area contributed by atoms with Crippen LogP contribution >= 0.6 is 0 Å². The van der Waals surface area contributed by atoms with Crippen molar-refractivity contribution in [3.05, 3.63) is 35.4 Å². The maximum Gasteiger partial charge on any atom is 0.0585 e. The van der Waals surface area contributed by atoms with Gasteiger partial charge in [-0.15, -0.1) is 0 Å². The number of aliphatic hydroxyl groups is 2. The van der Waals surface area contributed by atoms with Crippen molar-refractivity contribution in [2.24, 2.45) is 0 Å². The lowest BCUT2D eigenvalue weighted by molar-refractivity contribution is 0.200. The Morgan fingerprint density at radius 1 is 1.12 bits per heavy atom. The molecule has 0 amide bonds. The summed E-state index contributed by atoms with van der Waals surface area (Å²) in [4.78, 5) is 0. The van der Waals surface area contributed by atoms with Crippen molar-refractivity contribution in [1.82, 2.24) is 5.32 Å². The number of aliphatic hydroxyl groups excluding tert-OH is 2. The number of benzene rings is 1. The predicted octanol–water partition coefficient (Wildman–Crippen LogP) is 1.47. The van der Waals surface area contributed by atoms with Gasteiger partial charge in [-0.1, -0.05) is 37.6 Å². The molecule has 0 saturated heterocycles. The minimum Gasteiger partial charge on any atom is -0.396 e. The van der Waals surface area contributed by atoms with Crippen LogP contribution in [0.15, 0.2) is 24.3 Å². The molecule has 3 heteroatoms. The molecule has 0 saturated carbocycles. The van der Waals surface area contributed by atoms with E-state index in [9.17, 15) is 0 Å². The zero-order valence-electron chi connectivity index (χ0n) is 10.5. The van der Waals surface area contributed by atoms with Crippen LogP contribution in [0.25, 0.3) is 0 Å². The molecule has 3 N–H and O–H groups in total. The van der Waals surface area contributed by atoms with Gasteiger partial charge in [-0.25, -0.2) is 0 Å². The normalized spacial score (nSPS) is 12.6. The fourth-order valence-electron chi connectivity index (χ4n) is 1.79. The van der Waals surface area contributed by atoms with Gasteiger partial charge in [0.05, 0.1) is 6.61 Å².